The second-order valence-electron chi connectivity index (χ2n) is 16.6. The van der Waals surface area contributed by atoms with Crippen LogP contribution in [0.5, 0.6) is 0 Å². The molecule has 8 atom stereocenters. The summed E-state index contributed by atoms with van der Waals surface area (Å²) in [4.78, 5) is 141. The van der Waals surface area contributed by atoms with Gasteiger partial charge in [0.15, 0.2) is 0 Å². The summed E-state index contributed by atoms with van der Waals surface area (Å²) < 4.78 is 0. The van der Waals surface area contributed by atoms with E-state index in [0.717, 1.165) is 0 Å². The molecule has 24 heteroatoms. The molecule has 0 unspecified atom stereocenters. The molecule has 354 valence electrons. The average Bonchev–Trinajstić information content (AvgIpc) is 3.88. The zero-order chi connectivity index (χ0) is 47.6. The van der Waals surface area contributed by atoms with Gasteiger partial charge < -0.3 is 68.7 Å². The number of nitrogens with one attached hydrogen (secondary N) is 9. The maximum absolute atomic E-state index is 13.4. The fraction of sp³-hybridized carbons (Fsp3) is 0.718. The summed E-state index contributed by atoms with van der Waals surface area (Å²) in [6.07, 6.45) is -0.0623. The van der Waals surface area contributed by atoms with Gasteiger partial charge in [0.1, 0.15) is 36.3 Å². The van der Waals surface area contributed by atoms with E-state index in [-0.39, 0.29) is 57.0 Å². The number of hydrogen-bond acceptors (Lipinski definition) is 13. The second kappa shape index (κ2) is 25.9. The van der Waals surface area contributed by atoms with Gasteiger partial charge in [0.2, 0.25) is 59.1 Å². The van der Waals surface area contributed by atoms with E-state index in [1.54, 1.807) is 27.7 Å². The first-order chi connectivity index (χ1) is 29.5. The molecule has 2 fully saturated rings. The number of nitrogens with two attached hydrogens (primary N) is 1. The predicted molar refractivity (Wildman–Crippen MR) is 222 cm³/mol. The Morgan fingerprint density at radius 1 is 0.667 bits per heavy atom. The first-order valence-electron chi connectivity index (χ1n) is 21.0. The smallest absolute Gasteiger partial charge is 0.325 e. The normalized spacial score (nSPS) is 19.4. The lowest BCUT2D eigenvalue weighted by molar-refractivity contribution is -0.143. The minimum atomic E-state index is -1.34. The molecule has 2 aliphatic rings. The Balaban J connectivity index is 1.98. The number of primary amides is 1. The highest BCUT2D eigenvalue weighted by atomic mass is 16.4. The van der Waals surface area contributed by atoms with Crippen molar-refractivity contribution in [2.75, 3.05) is 32.7 Å². The minimum absolute atomic E-state index is 0.0932. The third-order valence-corrected chi connectivity index (χ3v) is 10.1. The van der Waals surface area contributed by atoms with Crippen LogP contribution in [0.15, 0.2) is 0 Å². The van der Waals surface area contributed by atoms with Gasteiger partial charge in [-0.2, -0.15) is 0 Å². The van der Waals surface area contributed by atoms with Crippen molar-refractivity contribution in [1.29, 1.82) is 0 Å². The minimum Gasteiger partial charge on any atom is -0.480 e. The molecule has 63 heavy (non-hydrogen) atoms. The Bertz CT molecular complexity index is 1690. The number of amides is 10. The maximum Gasteiger partial charge on any atom is 0.325 e. The number of nitrogens with zero attached hydrogens (tertiary/aromatic N) is 1. The molecule has 2 heterocycles. The van der Waals surface area contributed by atoms with E-state index < -0.39 is 133 Å². The molecule has 24 nitrogen and oxygen atoms in total. The number of likely N-dealkylation sites (tertiary alicyclic amines) is 1. The van der Waals surface area contributed by atoms with Crippen LogP contribution in [0.3, 0.4) is 0 Å². The molecule has 13 N–H and O–H groups in total. The molecule has 0 spiro atoms. The molecule has 0 aromatic rings. The molecule has 0 radical (unpaired) electrons. The quantitative estimate of drug-likeness (QED) is 0.0408. The first-order valence-corrected chi connectivity index (χ1v) is 21.0. The lowest BCUT2D eigenvalue weighted by Crippen LogP contribution is -2.57. The fourth-order valence-corrected chi connectivity index (χ4v) is 6.73. The van der Waals surface area contributed by atoms with Gasteiger partial charge in [0.25, 0.3) is 0 Å². The zero-order valence-electron chi connectivity index (χ0n) is 36.7. The number of carbonyl (C=O) groups excluding carboxylic acids is 10. The molecule has 0 aromatic carbocycles. The lowest BCUT2D eigenvalue weighted by atomic mass is 10.0. The number of carboxylic acid groups (broad SMARTS) is 1. The van der Waals surface area contributed by atoms with Gasteiger partial charge in [-0.1, -0.05) is 27.7 Å². The number of carbonyl (C=O) groups is 11. The molecular formula is C39H65N11O13. The van der Waals surface area contributed by atoms with Crippen molar-refractivity contribution < 1.29 is 63.0 Å². The summed E-state index contributed by atoms with van der Waals surface area (Å²) in [6.45, 7) is 8.56. The van der Waals surface area contributed by atoms with Crippen LogP contribution in [0.4, 0.5) is 0 Å². The molecule has 10 amide bonds. The van der Waals surface area contributed by atoms with Crippen LogP contribution in [0, 0.1) is 11.8 Å². The van der Waals surface area contributed by atoms with Crippen molar-refractivity contribution in [1.82, 2.24) is 52.8 Å². The number of β-amino-alcohol motifs (C(OH)–C–C–N with tert-alkyl or cyclic N) is 1. The molecular weight excluding hydrogens is 830 g/mol. The SMILES string of the molecule is CC(C)C[C@H](NC(=O)CNC(=O)[C@H](CC(C)C)NC(=O)[C@H](CCC(N)=O)NC(=O)CNC(=O)[C@@H]1C[C@@H](O)CN1)C(=O)N[C@@H](C)C(=O)NCC(=O)N1CCC[C@H]1C(=O)N[C@@H](C)C(=O)O. The Hall–Kier alpha value is -5.91. The number of aliphatic carboxylic acids is 1. The van der Waals surface area contributed by atoms with Crippen LogP contribution in [-0.4, -0.2) is 161 Å². The molecule has 2 aliphatic heterocycles. The Morgan fingerprint density at radius 2 is 1.22 bits per heavy atom. The van der Waals surface area contributed by atoms with Crippen molar-refractivity contribution in [2.45, 2.75) is 135 Å². The van der Waals surface area contributed by atoms with Crippen LogP contribution in [0.1, 0.15) is 86.5 Å². The maximum atomic E-state index is 13.4. The third kappa shape index (κ3) is 18.9. The van der Waals surface area contributed by atoms with Crippen molar-refractivity contribution in [3.63, 3.8) is 0 Å². The van der Waals surface area contributed by atoms with Crippen LogP contribution in [0.25, 0.3) is 0 Å². The van der Waals surface area contributed by atoms with Gasteiger partial charge in [0, 0.05) is 19.5 Å². The highest BCUT2D eigenvalue weighted by molar-refractivity contribution is 5.97. The summed E-state index contributed by atoms with van der Waals surface area (Å²) in [5.41, 5.74) is 5.27. The first kappa shape index (κ1) is 53.2. The second-order valence-corrected chi connectivity index (χ2v) is 16.6. The van der Waals surface area contributed by atoms with Gasteiger partial charge in [-0.15, -0.1) is 0 Å². The van der Waals surface area contributed by atoms with E-state index in [2.05, 4.69) is 47.9 Å². The summed E-state index contributed by atoms with van der Waals surface area (Å²) in [5.74, 6) is -8.66. The number of hydrogen-bond donors (Lipinski definition) is 12. The highest BCUT2D eigenvalue weighted by Crippen LogP contribution is 2.18. The highest BCUT2D eigenvalue weighted by Gasteiger charge is 2.36. The Morgan fingerprint density at radius 3 is 1.78 bits per heavy atom. The number of aliphatic hydroxyl groups is 1. The molecule has 0 aromatic heterocycles. The van der Waals surface area contributed by atoms with E-state index in [4.69, 9.17) is 10.8 Å². The van der Waals surface area contributed by atoms with E-state index in [1.165, 1.54) is 18.7 Å². The molecule has 2 saturated heterocycles. The van der Waals surface area contributed by atoms with E-state index in [0.29, 0.717) is 12.8 Å². The monoisotopic (exact) mass is 895 g/mol. The summed E-state index contributed by atoms with van der Waals surface area (Å²) in [6, 6.07) is -7.67. The van der Waals surface area contributed by atoms with Crippen molar-refractivity contribution >= 4 is 65.0 Å². The topological polar surface area (TPSA) is 366 Å². The van der Waals surface area contributed by atoms with Crippen LogP contribution in [-0.2, 0) is 52.7 Å². The average molecular weight is 896 g/mol. The predicted octanol–water partition coefficient (Wildman–Crippen LogP) is -5.05. The van der Waals surface area contributed by atoms with Gasteiger partial charge in [0.05, 0.1) is 31.8 Å². The molecule has 0 aliphatic carbocycles. The van der Waals surface area contributed by atoms with E-state index in [1.807, 2.05) is 0 Å². The third-order valence-electron chi connectivity index (χ3n) is 10.1. The van der Waals surface area contributed by atoms with Gasteiger partial charge in [-0.3, -0.25) is 52.7 Å². The number of carboxylic acids is 1. The lowest BCUT2D eigenvalue weighted by Gasteiger charge is -2.26. The van der Waals surface area contributed by atoms with Crippen LogP contribution >= 0.6 is 0 Å². The van der Waals surface area contributed by atoms with E-state index >= 15 is 0 Å². The van der Waals surface area contributed by atoms with Crippen LogP contribution in [0.2, 0.25) is 0 Å². The molecule has 0 saturated carbocycles. The number of aliphatic hydroxyl groups excluding tert-OH is 1. The zero-order valence-corrected chi connectivity index (χ0v) is 36.7. The van der Waals surface area contributed by atoms with E-state index in [9.17, 15) is 57.8 Å². The van der Waals surface area contributed by atoms with Gasteiger partial charge >= 0.3 is 5.97 Å². The number of rotatable bonds is 25. The Labute approximate surface area is 365 Å². The Kier molecular flexibility index (Phi) is 21.9. The van der Waals surface area contributed by atoms with Gasteiger partial charge in [-0.25, -0.2) is 0 Å². The molecule has 0 bridgehead atoms. The van der Waals surface area contributed by atoms with Crippen molar-refractivity contribution in [3.05, 3.63) is 0 Å². The van der Waals surface area contributed by atoms with Crippen LogP contribution < -0.4 is 53.6 Å². The summed E-state index contributed by atoms with van der Waals surface area (Å²) in [7, 11) is 0. The van der Waals surface area contributed by atoms with Crippen molar-refractivity contribution in [2.24, 2.45) is 17.6 Å². The standard InChI is InChI=1S/C39H65N11O13/c1-19(2)12-26(49-36(59)24(9-10-29(40)52)47-30(53)16-42-34(57)25-14-23(51)15-41-25)35(58)43-17-31(54)48-27(13-20(3)4)37(60)45-21(5)33(56)44-18-32(55)50-11-7-8-28(50)38(61)46-22(6)39(62)63/h19-28,41,51H,7-18H2,1-6H3,(H2,40,52)(H,42,57)(H,43,58)(H,44,56)(H,45,60)(H,46,61)(H,47,53)(H,48,54)(H,49,59)(H,62,63)/t21-,22-,23+,24-,25-,26-,27-,28-/m0/s1. The largest absolute Gasteiger partial charge is 0.480 e. The molecule has 2 rings (SSSR count). The van der Waals surface area contributed by atoms with Crippen molar-refractivity contribution in [3.8, 4) is 0 Å². The van der Waals surface area contributed by atoms with Gasteiger partial charge in [-0.05, 0) is 64.2 Å². The fourth-order valence-electron chi connectivity index (χ4n) is 6.73. The summed E-state index contributed by atoms with van der Waals surface area (Å²) in [5, 5.41) is 41.2. The summed E-state index contributed by atoms with van der Waals surface area (Å²) >= 11 is 0.